The molecule has 0 radical (unpaired) electrons. The van der Waals surface area contributed by atoms with Crippen LogP contribution in [0.5, 0.6) is 0 Å². The highest BCUT2D eigenvalue weighted by Crippen LogP contribution is 2.20. The van der Waals surface area contributed by atoms with Gasteiger partial charge in [0.25, 0.3) is 0 Å². The Labute approximate surface area is 158 Å². The molecule has 0 atom stereocenters. The maximum atomic E-state index is 12.0. The monoisotopic (exact) mass is 386 g/mol. The van der Waals surface area contributed by atoms with E-state index >= 15 is 0 Å². The van der Waals surface area contributed by atoms with Crippen LogP contribution in [-0.2, 0) is 28.5 Å². The number of methoxy groups -OCH3 is 4. The van der Waals surface area contributed by atoms with E-state index in [4.69, 9.17) is 18.9 Å². The lowest BCUT2D eigenvalue weighted by Crippen LogP contribution is -2.37. The fraction of sp³-hybridized carbons (Fsp3) is 0.667. The molecule has 0 saturated heterocycles. The minimum atomic E-state index is -0.342. The van der Waals surface area contributed by atoms with Crippen LogP contribution in [0.1, 0.15) is 13.8 Å². The highest BCUT2D eigenvalue weighted by Gasteiger charge is 2.23. The van der Waals surface area contributed by atoms with E-state index < -0.39 is 0 Å². The van der Waals surface area contributed by atoms with Crippen molar-refractivity contribution in [2.45, 2.75) is 13.8 Å². The summed E-state index contributed by atoms with van der Waals surface area (Å²) in [6.07, 6.45) is 0. The lowest BCUT2D eigenvalue weighted by atomic mass is 10.5. The zero-order valence-corrected chi connectivity index (χ0v) is 16.5. The molecule has 0 spiro atoms. The van der Waals surface area contributed by atoms with Gasteiger partial charge in [-0.3, -0.25) is 24.3 Å². The molecule has 2 amide bonds. The van der Waals surface area contributed by atoms with Gasteiger partial charge in [0, 0.05) is 42.3 Å². The highest BCUT2D eigenvalue weighted by molar-refractivity contribution is 5.91. The molecule has 0 aliphatic rings. The summed E-state index contributed by atoms with van der Waals surface area (Å²) in [6, 6.07) is 0. The number of amides is 2. The molecular formula is C15H26N6O6. The van der Waals surface area contributed by atoms with E-state index in [1.165, 1.54) is 52.1 Å². The molecule has 152 valence electrons. The molecule has 0 N–H and O–H groups in total. The van der Waals surface area contributed by atoms with Gasteiger partial charge < -0.3 is 18.9 Å². The summed E-state index contributed by atoms with van der Waals surface area (Å²) in [5, 5.41) is 0. The lowest BCUT2D eigenvalue weighted by molar-refractivity contribution is -0.118. The number of ether oxygens (including phenoxy) is 4. The highest BCUT2D eigenvalue weighted by atomic mass is 16.5. The third kappa shape index (κ3) is 6.36. The number of hydrogen-bond acceptors (Lipinski definition) is 10. The molecule has 0 aromatic carbocycles. The topological polar surface area (TPSA) is 119 Å². The SMILES string of the molecule is COCN(COC)c1nc(N(COC)C(C)=O)nc(N(COC)C(C)=O)n1. The quantitative estimate of drug-likeness (QED) is 0.473. The van der Waals surface area contributed by atoms with Crippen LogP contribution in [0.3, 0.4) is 0 Å². The Morgan fingerprint density at radius 3 is 1.30 bits per heavy atom. The van der Waals surface area contributed by atoms with Crippen molar-refractivity contribution in [3.05, 3.63) is 0 Å². The Balaban J connectivity index is 3.52. The zero-order chi connectivity index (χ0) is 20.4. The number of hydrogen-bond donors (Lipinski definition) is 0. The van der Waals surface area contributed by atoms with Crippen molar-refractivity contribution in [3.8, 4) is 0 Å². The summed E-state index contributed by atoms with van der Waals surface area (Å²) in [7, 11) is 5.89. The van der Waals surface area contributed by atoms with Crippen LogP contribution in [-0.4, -0.2) is 82.1 Å². The third-order valence-electron chi connectivity index (χ3n) is 3.21. The van der Waals surface area contributed by atoms with Gasteiger partial charge in [-0.15, -0.1) is 0 Å². The smallest absolute Gasteiger partial charge is 0.240 e. The molecule has 0 unspecified atom stereocenters. The fourth-order valence-electron chi connectivity index (χ4n) is 2.03. The van der Waals surface area contributed by atoms with E-state index in [1.807, 2.05) is 0 Å². The molecule has 0 saturated carbocycles. The molecule has 0 fully saturated rings. The first-order valence-electron chi connectivity index (χ1n) is 7.92. The molecule has 1 aromatic rings. The largest absolute Gasteiger partial charge is 0.364 e. The first-order chi connectivity index (χ1) is 12.9. The van der Waals surface area contributed by atoms with E-state index in [2.05, 4.69) is 15.0 Å². The Morgan fingerprint density at radius 2 is 1.00 bits per heavy atom. The van der Waals surface area contributed by atoms with Crippen LogP contribution in [0.25, 0.3) is 0 Å². The van der Waals surface area contributed by atoms with E-state index in [9.17, 15) is 9.59 Å². The van der Waals surface area contributed by atoms with Crippen molar-refractivity contribution in [2.24, 2.45) is 0 Å². The van der Waals surface area contributed by atoms with Crippen LogP contribution >= 0.6 is 0 Å². The van der Waals surface area contributed by atoms with Crippen molar-refractivity contribution in [1.82, 2.24) is 15.0 Å². The van der Waals surface area contributed by atoms with Gasteiger partial charge >= 0.3 is 0 Å². The molecule has 0 aliphatic heterocycles. The predicted octanol–water partition coefficient (Wildman–Crippen LogP) is -0.201. The summed E-state index contributed by atoms with van der Waals surface area (Å²) >= 11 is 0. The molecule has 12 heteroatoms. The van der Waals surface area contributed by atoms with Gasteiger partial charge in [0.15, 0.2) is 0 Å². The summed E-state index contributed by atoms with van der Waals surface area (Å²) in [6.45, 7) is 2.79. The molecule has 27 heavy (non-hydrogen) atoms. The maximum Gasteiger partial charge on any atom is 0.240 e. The number of anilines is 3. The Bertz CT molecular complexity index is 583. The van der Waals surface area contributed by atoms with Crippen molar-refractivity contribution < 1.29 is 28.5 Å². The van der Waals surface area contributed by atoms with Gasteiger partial charge in [-0.2, -0.15) is 15.0 Å². The first kappa shape index (κ1) is 22.6. The maximum absolute atomic E-state index is 12.0. The minimum Gasteiger partial charge on any atom is -0.364 e. The zero-order valence-electron chi connectivity index (χ0n) is 16.5. The van der Waals surface area contributed by atoms with Crippen LogP contribution in [0.2, 0.25) is 0 Å². The molecule has 1 heterocycles. The standard InChI is InChI=1S/C15H26N6O6/c1-11(22)20(9-26-5)14-16-13(19(7-24-3)8-25-4)17-15(18-14)21(10-27-6)12(2)23/h7-10H2,1-6H3. The predicted molar refractivity (Wildman–Crippen MR) is 96.1 cm³/mol. The van der Waals surface area contributed by atoms with Crippen molar-refractivity contribution >= 4 is 29.7 Å². The normalized spacial score (nSPS) is 10.6. The second-order valence-corrected chi connectivity index (χ2v) is 5.34. The summed E-state index contributed by atoms with van der Waals surface area (Å²) in [4.78, 5) is 40.8. The van der Waals surface area contributed by atoms with Gasteiger partial charge in [-0.1, -0.05) is 0 Å². The minimum absolute atomic E-state index is 0.0175. The third-order valence-corrected chi connectivity index (χ3v) is 3.21. The number of aromatic nitrogens is 3. The van der Waals surface area contributed by atoms with Gasteiger partial charge in [0.05, 0.1) is 0 Å². The van der Waals surface area contributed by atoms with Crippen LogP contribution in [0, 0.1) is 0 Å². The number of nitrogens with zero attached hydrogens (tertiary/aromatic N) is 6. The second kappa shape index (κ2) is 11.3. The second-order valence-electron chi connectivity index (χ2n) is 5.34. The summed E-state index contributed by atoms with van der Waals surface area (Å²) in [5.41, 5.74) is 0. The van der Waals surface area contributed by atoms with Crippen molar-refractivity contribution in [1.29, 1.82) is 0 Å². The Morgan fingerprint density at radius 1 is 0.667 bits per heavy atom. The van der Waals surface area contributed by atoms with Crippen LogP contribution < -0.4 is 14.7 Å². The lowest BCUT2D eigenvalue weighted by Gasteiger charge is -2.25. The molecule has 12 nitrogen and oxygen atoms in total. The number of carbonyl (C=O) groups is 2. The Hall–Kier alpha value is -2.41. The van der Waals surface area contributed by atoms with E-state index in [0.29, 0.717) is 0 Å². The van der Waals surface area contributed by atoms with E-state index in [-0.39, 0.29) is 56.6 Å². The van der Waals surface area contributed by atoms with E-state index in [1.54, 1.807) is 4.90 Å². The Kier molecular flexibility index (Phi) is 9.50. The van der Waals surface area contributed by atoms with Gasteiger partial charge in [-0.05, 0) is 0 Å². The molecular weight excluding hydrogens is 360 g/mol. The summed E-state index contributed by atoms with van der Waals surface area (Å²) in [5.74, 6) is -0.492. The molecule has 1 rings (SSSR count). The van der Waals surface area contributed by atoms with Gasteiger partial charge in [-0.25, -0.2) is 0 Å². The number of rotatable bonds is 11. The fourth-order valence-corrected chi connectivity index (χ4v) is 2.03. The molecule has 1 aromatic heterocycles. The molecule has 0 bridgehead atoms. The average molecular weight is 386 g/mol. The van der Waals surface area contributed by atoms with E-state index in [0.717, 1.165) is 0 Å². The average Bonchev–Trinajstić information content (AvgIpc) is 2.63. The van der Waals surface area contributed by atoms with Crippen LogP contribution in [0.15, 0.2) is 0 Å². The van der Waals surface area contributed by atoms with Crippen molar-refractivity contribution in [3.63, 3.8) is 0 Å². The van der Waals surface area contributed by atoms with Gasteiger partial charge in [0.1, 0.15) is 26.9 Å². The van der Waals surface area contributed by atoms with Crippen LogP contribution in [0.4, 0.5) is 17.8 Å². The van der Waals surface area contributed by atoms with Crippen molar-refractivity contribution in [2.75, 3.05) is 70.1 Å². The van der Waals surface area contributed by atoms with Gasteiger partial charge in [0.2, 0.25) is 29.7 Å². The number of carbonyl (C=O) groups excluding carboxylic acids is 2. The molecule has 0 aliphatic carbocycles. The first-order valence-corrected chi connectivity index (χ1v) is 7.92. The summed E-state index contributed by atoms with van der Waals surface area (Å²) < 4.78 is 20.4.